The molecule has 2 rings (SSSR count). The van der Waals surface area contributed by atoms with E-state index in [-0.39, 0.29) is 30.0 Å². The fourth-order valence-electron chi connectivity index (χ4n) is 3.04. The molecule has 1 aliphatic heterocycles. The first-order valence-electron chi connectivity index (χ1n) is 7.49. The van der Waals surface area contributed by atoms with Crippen LogP contribution in [0.4, 0.5) is 4.39 Å². The molecule has 1 aromatic carbocycles. The minimum Gasteiger partial charge on any atom is -0.480 e. The van der Waals surface area contributed by atoms with E-state index in [4.69, 9.17) is 16.7 Å². The van der Waals surface area contributed by atoms with Crippen LogP contribution in [-0.2, 0) is 4.79 Å². The minimum atomic E-state index is -0.792. The maximum Gasteiger partial charge on any atom is 0.317 e. The van der Waals surface area contributed by atoms with Gasteiger partial charge in [-0.15, -0.1) is 12.4 Å². The first kappa shape index (κ1) is 20.2. The zero-order valence-electron chi connectivity index (χ0n) is 13.3. The highest BCUT2D eigenvalue weighted by molar-refractivity contribution is 6.30. The number of carboxylic acid groups (broad SMARTS) is 1. The quantitative estimate of drug-likeness (QED) is 0.868. The predicted octanol–water partition coefficient (Wildman–Crippen LogP) is 3.44. The molecular weight excluding hydrogens is 342 g/mol. The van der Waals surface area contributed by atoms with Gasteiger partial charge in [0.25, 0.3) is 0 Å². The Kier molecular flexibility index (Phi) is 7.74. The smallest absolute Gasteiger partial charge is 0.317 e. The van der Waals surface area contributed by atoms with Crippen LogP contribution in [0, 0.1) is 5.82 Å². The molecule has 23 heavy (non-hydrogen) atoms. The van der Waals surface area contributed by atoms with Gasteiger partial charge in [-0.05, 0) is 44.5 Å². The molecule has 1 N–H and O–H groups in total. The lowest BCUT2D eigenvalue weighted by Gasteiger charge is -2.39. The van der Waals surface area contributed by atoms with Crippen LogP contribution >= 0.6 is 24.0 Å². The monoisotopic (exact) mass is 364 g/mol. The van der Waals surface area contributed by atoms with E-state index < -0.39 is 11.8 Å². The molecule has 0 aliphatic carbocycles. The average Bonchev–Trinajstić information content (AvgIpc) is 2.49. The molecular formula is C16H23Cl2FN2O2. The Bertz CT molecular complexity index is 537. The maximum absolute atomic E-state index is 13.2. The van der Waals surface area contributed by atoms with Crippen LogP contribution in [0.25, 0.3) is 0 Å². The van der Waals surface area contributed by atoms with Crippen molar-refractivity contribution in [3.05, 3.63) is 34.6 Å². The number of aliphatic carboxylic acids is 1. The number of piperidine rings is 1. The molecule has 7 heteroatoms. The third-order valence-corrected chi connectivity index (χ3v) is 4.77. The van der Waals surface area contributed by atoms with Crippen LogP contribution in [0.2, 0.25) is 5.02 Å². The topological polar surface area (TPSA) is 43.8 Å². The average molecular weight is 365 g/mol. The third-order valence-electron chi connectivity index (χ3n) is 4.48. The summed E-state index contributed by atoms with van der Waals surface area (Å²) in [7, 11) is 1.86. The zero-order chi connectivity index (χ0) is 16.3. The van der Waals surface area contributed by atoms with Crippen molar-refractivity contribution in [1.29, 1.82) is 0 Å². The van der Waals surface area contributed by atoms with Crippen molar-refractivity contribution < 1.29 is 14.3 Å². The lowest BCUT2D eigenvalue weighted by Crippen LogP contribution is -2.45. The van der Waals surface area contributed by atoms with Gasteiger partial charge in [0, 0.05) is 25.2 Å². The van der Waals surface area contributed by atoms with Crippen LogP contribution in [-0.4, -0.2) is 53.6 Å². The fourth-order valence-corrected chi connectivity index (χ4v) is 3.23. The van der Waals surface area contributed by atoms with Crippen molar-refractivity contribution in [1.82, 2.24) is 9.80 Å². The van der Waals surface area contributed by atoms with Gasteiger partial charge in [0.1, 0.15) is 5.82 Å². The van der Waals surface area contributed by atoms with E-state index in [0.717, 1.165) is 31.5 Å². The molecule has 1 heterocycles. The van der Waals surface area contributed by atoms with Gasteiger partial charge in [0.05, 0.1) is 11.6 Å². The highest BCUT2D eigenvalue weighted by Gasteiger charge is 2.26. The van der Waals surface area contributed by atoms with Crippen molar-refractivity contribution in [3.8, 4) is 0 Å². The molecule has 0 amide bonds. The molecule has 1 aromatic rings. The number of rotatable bonds is 5. The van der Waals surface area contributed by atoms with Crippen LogP contribution in [0.5, 0.6) is 0 Å². The van der Waals surface area contributed by atoms with E-state index in [0.29, 0.717) is 6.04 Å². The summed E-state index contributed by atoms with van der Waals surface area (Å²) in [5.41, 5.74) is 1.00. The van der Waals surface area contributed by atoms with E-state index in [1.54, 1.807) is 12.1 Å². The lowest BCUT2D eigenvalue weighted by molar-refractivity contribution is -0.138. The number of hydrogen-bond acceptors (Lipinski definition) is 3. The number of carboxylic acids is 1. The van der Waals surface area contributed by atoms with Crippen LogP contribution < -0.4 is 0 Å². The second-order valence-corrected chi connectivity index (χ2v) is 6.33. The summed E-state index contributed by atoms with van der Waals surface area (Å²) < 4.78 is 13.2. The summed E-state index contributed by atoms with van der Waals surface area (Å²) in [6.45, 7) is 3.95. The van der Waals surface area contributed by atoms with Crippen molar-refractivity contribution >= 4 is 30.0 Å². The molecule has 130 valence electrons. The summed E-state index contributed by atoms with van der Waals surface area (Å²) in [6.07, 6.45) is 1.87. The van der Waals surface area contributed by atoms with Gasteiger partial charge in [-0.3, -0.25) is 14.6 Å². The van der Waals surface area contributed by atoms with Gasteiger partial charge >= 0.3 is 5.97 Å². The molecule has 1 unspecified atom stereocenters. The van der Waals surface area contributed by atoms with Crippen molar-refractivity contribution in [3.63, 3.8) is 0 Å². The molecule has 0 saturated carbocycles. The van der Waals surface area contributed by atoms with Crippen LogP contribution in [0.15, 0.2) is 18.2 Å². The number of nitrogens with zero attached hydrogens (tertiary/aromatic N) is 2. The van der Waals surface area contributed by atoms with Crippen LogP contribution in [0.3, 0.4) is 0 Å². The number of likely N-dealkylation sites (tertiary alicyclic amines) is 1. The SMILES string of the molecule is CC(c1ccc(F)c(Cl)c1)N1CCC(N(C)CC(=O)O)CC1.Cl. The number of carbonyl (C=O) groups is 1. The summed E-state index contributed by atoms with van der Waals surface area (Å²) in [6, 6.07) is 5.33. The molecule has 0 spiro atoms. The maximum atomic E-state index is 13.2. The van der Waals surface area contributed by atoms with Gasteiger partial charge in [-0.1, -0.05) is 17.7 Å². The minimum absolute atomic E-state index is 0. The van der Waals surface area contributed by atoms with Crippen molar-refractivity contribution in [2.75, 3.05) is 26.7 Å². The summed E-state index contributed by atoms with van der Waals surface area (Å²) in [4.78, 5) is 15.0. The Morgan fingerprint density at radius 1 is 1.48 bits per heavy atom. The second kappa shape index (κ2) is 8.83. The van der Waals surface area contributed by atoms with Crippen molar-refractivity contribution in [2.24, 2.45) is 0 Å². The van der Waals surface area contributed by atoms with E-state index in [1.807, 2.05) is 11.9 Å². The molecule has 1 aliphatic rings. The third kappa shape index (κ3) is 5.31. The summed E-state index contributed by atoms with van der Waals surface area (Å²) in [5.74, 6) is -1.19. The summed E-state index contributed by atoms with van der Waals surface area (Å²) >= 11 is 5.85. The van der Waals surface area contributed by atoms with Gasteiger partial charge in [0.15, 0.2) is 0 Å². The number of likely N-dealkylation sites (N-methyl/N-ethyl adjacent to an activating group) is 1. The zero-order valence-corrected chi connectivity index (χ0v) is 14.9. The Balaban J connectivity index is 0.00000264. The first-order chi connectivity index (χ1) is 10.4. The molecule has 0 aromatic heterocycles. The summed E-state index contributed by atoms with van der Waals surface area (Å²) in [5, 5.41) is 9.01. The largest absolute Gasteiger partial charge is 0.480 e. The van der Waals surface area contributed by atoms with E-state index in [9.17, 15) is 9.18 Å². The Morgan fingerprint density at radius 3 is 2.61 bits per heavy atom. The molecule has 0 radical (unpaired) electrons. The second-order valence-electron chi connectivity index (χ2n) is 5.93. The van der Waals surface area contributed by atoms with E-state index >= 15 is 0 Å². The van der Waals surface area contributed by atoms with Gasteiger partial charge in [-0.2, -0.15) is 0 Å². The fraction of sp³-hybridized carbons (Fsp3) is 0.562. The molecule has 1 fully saturated rings. The van der Waals surface area contributed by atoms with E-state index in [2.05, 4.69) is 11.8 Å². The highest BCUT2D eigenvalue weighted by Crippen LogP contribution is 2.28. The Labute approximate surface area is 147 Å². The van der Waals surface area contributed by atoms with Gasteiger partial charge in [0.2, 0.25) is 0 Å². The van der Waals surface area contributed by atoms with E-state index in [1.165, 1.54) is 6.07 Å². The molecule has 0 bridgehead atoms. The van der Waals surface area contributed by atoms with Crippen molar-refractivity contribution in [2.45, 2.75) is 31.8 Å². The number of hydrogen-bond donors (Lipinski definition) is 1. The van der Waals surface area contributed by atoms with Gasteiger partial charge < -0.3 is 5.11 Å². The predicted molar refractivity (Wildman–Crippen MR) is 91.9 cm³/mol. The lowest BCUT2D eigenvalue weighted by atomic mass is 9.99. The molecule has 4 nitrogen and oxygen atoms in total. The Morgan fingerprint density at radius 2 is 2.09 bits per heavy atom. The molecule has 1 atom stereocenters. The number of benzene rings is 1. The normalized spacial score (nSPS) is 17.8. The number of halogens is 3. The van der Waals surface area contributed by atoms with Crippen LogP contribution in [0.1, 0.15) is 31.4 Å². The Hall–Kier alpha value is -0.880. The molecule has 1 saturated heterocycles. The standard InChI is InChI=1S/C16H22ClFN2O2.ClH/c1-11(12-3-4-15(18)14(17)9-12)20-7-5-13(6-8-20)19(2)10-16(21)22;/h3-4,9,11,13H,5-8,10H2,1-2H3,(H,21,22);1H. The highest BCUT2D eigenvalue weighted by atomic mass is 35.5. The first-order valence-corrected chi connectivity index (χ1v) is 7.87. The van der Waals surface area contributed by atoms with Gasteiger partial charge in [-0.25, -0.2) is 4.39 Å².